The summed E-state index contributed by atoms with van der Waals surface area (Å²) in [6, 6.07) is 4.40. The van der Waals surface area contributed by atoms with Gasteiger partial charge < -0.3 is 14.7 Å². The maximum Gasteiger partial charge on any atom is 0.419 e. The molecule has 1 aliphatic rings. The molecule has 1 aromatic carbocycles. The molecule has 120 valence electrons. The van der Waals surface area contributed by atoms with Gasteiger partial charge in [-0.25, -0.2) is 0 Å². The van der Waals surface area contributed by atoms with Crippen molar-refractivity contribution < 1.29 is 32.6 Å². The van der Waals surface area contributed by atoms with Gasteiger partial charge in [-0.1, -0.05) is 12.1 Å². The average Bonchev–Trinajstić information content (AvgIpc) is 3.25. The summed E-state index contributed by atoms with van der Waals surface area (Å²) in [5, 5.41) is 8.76. The molecular formula is C14H14F3NO4. The van der Waals surface area contributed by atoms with E-state index >= 15 is 0 Å². The van der Waals surface area contributed by atoms with E-state index in [1.165, 1.54) is 12.1 Å². The van der Waals surface area contributed by atoms with E-state index < -0.39 is 42.5 Å². The van der Waals surface area contributed by atoms with E-state index in [1.807, 2.05) is 0 Å². The van der Waals surface area contributed by atoms with Crippen molar-refractivity contribution in [1.82, 2.24) is 4.90 Å². The number of halogens is 3. The summed E-state index contributed by atoms with van der Waals surface area (Å²) in [5.74, 6) is -2.26. The third-order valence-corrected chi connectivity index (χ3v) is 3.16. The van der Waals surface area contributed by atoms with Gasteiger partial charge in [0.05, 0.1) is 5.56 Å². The van der Waals surface area contributed by atoms with E-state index in [0.717, 1.165) is 17.0 Å². The Kier molecular flexibility index (Phi) is 4.58. The third-order valence-electron chi connectivity index (χ3n) is 3.16. The number of benzene rings is 1. The lowest BCUT2D eigenvalue weighted by molar-refractivity contribution is -0.146. The van der Waals surface area contributed by atoms with E-state index in [0.29, 0.717) is 12.8 Å². The summed E-state index contributed by atoms with van der Waals surface area (Å²) in [4.78, 5) is 23.8. The first kappa shape index (κ1) is 16.1. The predicted molar refractivity (Wildman–Crippen MR) is 69.3 cm³/mol. The van der Waals surface area contributed by atoms with E-state index in [4.69, 9.17) is 9.84 Å². The van der Waals surface area contributed by atoms with Crippen molar-refractivity contribution in [3.8, 4) is 5.75 Å². The number of amides is 1. The quantitative estimate of drug-likeness (QED) is 0.873. The van der Waals surface area contributed by atoms with Crippen LogP contribution in [0.5, 0.6) is 5.75 Å². The summed E-state index contributed by atoms with van der Waals surface area (Å²) in [7, 11) is 0. The minimum absolute atomic E-state index is 0.162. The number of carbonyl (C=O) groups excluding carboxylic acids is 1. The average molecular weight is 317 g/mol. The first-order valence-corrected chi connectivity index (χ1v) is 6.59. The van der Waals surface area contributed by atoms with Crippen LogP contribution in [0, 0.1) is 0 Å². The Hall–Kier alpha value is -2.25. The number of carboxylic acid groups (broad SMARTS) is 1. The highest BCUT2D eigenvalue weighted by Gasteiger charge is 2.36. The molecule has 5 nitrogen and oxygen atoms in total. The number of nitrogens with zero attached hydrogens (tertiary/aromatic N) is 1. The lowest BCUT2D eigenvalue weighted by Crippen LogP contribution is -2.40. The van der Waals surface area contributed by atoms with Crippen molar-refractivity contribution in [2.24, 2.45) is 0 Å². The van der Waals surface area contributed by atoms with E-state index in [-0.39, 0.29) is 6.04 Å². The van der Waals surface area contributed by atoms with Gasteiger partial charge in [0.25, 0.3) is 5.91 Å². The van der Waals surface area contributed by atoms with Crippen LogP contribution in [-0.2, 0) is 15.8 Å². The molecule has 1 fully saturated rings. The van der Waals surface area contributed by atoms with Gasteiger partial charge in [0.2, 0.25) is 0 Å². The zero-order chi connectivity index (χ0) is 16.3. The SMILES string of the molecule is O=C(O)CN(C(=O)COc1ccccc1C(F)(F)F)C1CC1. The fraction of sp³-hybridized carbons (Fsp3) is 0.429. The van der Waals surface area contributed by atoms with Gasteiger partial charge >= 0.3 is 12.1 Å². The molecule has 2 rings (SSSR count). The van der Waals surface area contributed by atoms with Crippen LogP contribution >= 0.6 is 0 Å². The number of para-hydroxylation sites is 1. The second-order valence-corrected chi connectivity index (χ2v) is 4.93. The molecule has 8 heteroatoms. The largest absolute Gasteiger partial charge is 0.483 e. The van der Waals surface area contributed by atoms with Crippen LogP contribution in [0.1, 0.15) is 18.4 Å². The third kappa shape index (κ3) is 4.12. The Balaban J connectivity index is 2.03. The number of rotatable bonds is 6. The van der Waals surface area contributed by atoms with Crippen molar-refractivity contribution in [3.63, 3.8) is 0 Å². The Morgan fingerprint density at radius 1 is 1.27 bits per heavy atom. The number of carboxylic acids is 1. The first-order chi connectivity index (χ1) is 10.3. The topological polar surface area (TPSA) is 66.8 Å². The van der Waals surface area contributed by atoms with E-state index in [1.54, 1.807) is 0 Å². The number of hydrogen-bond donors (Lipinski definition) is 1. The maximum absolute atomic E-state index is 12.8. The van der Waals surface area contributed by atoms with Crippen LogP contribution in [0.25, 0.3) is 0 Å². The molecular weight excluding hydrogens is 303 g/mol. The van der Waals surface area contributed by atoms with Crippen molar-refractivity contribution in [2.75, 3.05) is 13.2 Å². The Labute approximate surface area is 124 Å². The molecule has 0 unspecified atom stereocenters. The van der Waals surface area contributed by atoms with Gasteiger partial charge in [0.1, 0.15) is 12.3 Å². The summed E-state index contributed by atoms with van der Waals surface area (Å²) >= 11 is 0. The fourth-order valence-electron chi connectivity index (χ4n) is 2.00. The van der Waals surface area contributed by atoms with Gasteiger partial charge in [-0.15, -0.1) is 0 Å². The number of ether oxygens (including phenoxy) is 1. The second-order valence-electron chi connectivity index (χ2n) is 4.93. The van der Waals surface area contributed by atoms with Crippen LogP contribution in [0.15, 0.2) is 24.3 Å². The monoisotopic (exact) mass is 317 g/mol. The molecule has 1 saturated carbocycles. The van der Waals surface area contributed by atoms with Gasteiger partial charge in [0.15, 0.2) is 6.61 Å². The molecule has 1 amide bonds. The molecule has 0 aliphatic heterocycles. The number of carbonyl (C=O) groups is 2. The maximum atomic E-state index is 12.8. The lowest BCUT2D eigenvalue weighted by Gasteiger charge is -2.21. The highest BCUT2D eigenvalue weighted by molar-refractivity contribution is 5.83. The molecule has 0 bridgehead atoms. The minimum Gasteiger partial charge on any atom is -0.483 e. The predicted octanol–water partition coefficient (Wildman–Crippen LogP) is 2.16. The zero-order valence-electron chi connectivity index (χ0n) is 11.5. The molecule has 0 aromatic heterocycles. The van der Waals surface area contributed by atoms with E-state index in [9.17, 15) is 22.8 Å². The van der Waals surface area contributed by atoms with Crippen molar-refractivity contribution >= 4 is 11.9 Å². The molecule has 0 atom stereocenters. The lowest BCUT2D eigenvalue weighted by atomic mass is 10.2. The molecule has 0 heterocycles. The summed E-state index contributed by atoms with van der Waals surface area (Å²) in [6.45, 7) is -1.11. The molecule has 0 saturated heterocycles. The van der Waals surface area contributed by atoms with E-state index in [2.05, 4.69) is 0 Å². The smallest absolute Gasteiger partial charge is 0.419 e. The second kappa shape index (κ2) is 6.25. The van der Waals surface area contributed by atoms with Crippen LogP contribution < -0.4 is 4.74 Å². The van der Waals surface area contributed by atoms with Gasteiger partial charge in [-0.05, 0) is 25.0 Å². The molecule has 1 aliphatic carbocycles. The Morgan fingerprint density at radius 2 is 1.91 bits per heavy atom. The summed E-state index contributed by atoms with van der Waals surface area (Å²) in [5.41, 5.74) is -0.973. The minimum atomic E-state index is -4.59. The van der Waals surface area contributed by atoms with Crippen LogP contribution in [-0.4, -0.2) is 41.1 Å². The van der Waals surface area contributed by atoms with Gasteiger partial charge in [-0.2, -0.15) is 13.2 Å². The molecule has 1 aromatic rings. The summed E-state index contributed by atoms with van der Waals surface area (Å²) in [6.07, 6.45) is -3.20. The zero-order valence-corrected chi connectivity index (χ0v) is 11.5. The fourth-order valence-corrected chi connectivity index (χ4v) is 2.00. The number of alkyl halides is 3. The van der Waals surface area contributed by atoms with Crippen molar-refractivity contribution in [2.45, 2.75) is 25.1 Å². The van der Waals surface area contributed by atoms with Crippen molar-refractivity contribution in [1.29, 1.82) is 0 Å². The standard InChI is InChI=1S/C14H14F3NO4/c15-14(16,17)10-3-1-2-4-11(10)22-8-12(19)18(7-13(20)21)9-5-6-9/h1-4,9H,5-8H2,(H,20,21). The molecule has 1 N–H and O–H groups in total. The highest BCUT2D eigenvalue weighted by atomic mass is 19.4. The molecule has 0 radical (unpaired) electrons. The normalized spacial score (nSPS) is 14.5. The molecule has 22 heavy (non-hydrogen) atoms. The highest BCUT2D eigenvalue weighted by Crippen LogP contribution is 2.36. The van der Waals surface area contributed by atoms with Crippen LogP contribution in [0.4, 0.5) is 13.2 Å². The summed E-state index contributed by atoms with van der Waals surface area (Å²) < 4.78 is 43.3. The van der Waals surface area contributed by atoms with Gasteiger partial charge in [-0.3, -0.25) is 9.59 Å². The first-order valence-electron chi connectivity index (χ1n) is 6.59. The number of aliphatic carboxylic acids is 1. The van der Waals surface area contributed by atoms with Crippen LogP contribution in [0.2, 0.25) is 0 Å². The Bertz CT molecular complexity index is 569. The van der Waals surface area contributed by atoms with Gasteiger partial charge in [0, 0.05) is 6.04 Å². The van der Waals surface area contributed by atoms with Crippen molar-refractivity contribution in [3.05, 3.63) is 29.8 Å². The molecule has 0 spiro atoms. The van der Waals surface area contributed by atoms with Crippen LogP contribution in [0.3, 0.4) is 0 Å². The number of hydrogen-bond acceptors (Lipinski definition) is 3. The Morgan fingerprint density at radius 3 is 2.45 bits per heavy atom.